The Labute approximate surface area is 173 Å². The number of benzene rings is 1. The molecule has 2 aromatic heterocycles. The zero-order valence-electron chi connectivity index (χ0n) is 16.7. The van der Waals surface area contributed by atoms with Gasteiger partial charge in [0.25, 0.3) is 0 Å². The summed E-state index contributed by atoms with van der Waals surface area (Å²) in [6.07, 6.45) is 1.84. The molecule has 2 heterocycles. The molecule has 0 amide bonds. The van der Waals surface area contributed by atoms with Crippen molar-refractivity contribution in [3.8, 4) is 5.69 Å². The van der Waals surface area contributed by atoms with E-state index in [9.17, 15) is 0 Å². The van der Waals surface area contributed by atoms with E-state index >= 15 is 0 Å². The fourth-order valence-electron chi connectivity index (χ4n) is 2.98. The van der Waals surface area contributed by atoms with Crippen LogP contribution < -0.4 is 4.90 Å². The molecule has 0 bridgehead atoms. The number of hydrogen-bond donors (Lipinski definition) is 0. The maximum atomic E-state index is 5.24. The van der Waals surface area contributed by atoms with Gasteiger partial charge in [0, 0.05) is 24.7 Å². The van der Waals surface area contributed by atoms with E-state index in [4.69, 9.17) is 4.74 Å². The topological polar surface area (TPSA) is 69.0 Å². The van der Waals surface area contributed by atoms with Crippen LogP contribution in [0.15, 0.2) is 35.3 Å². The second kappa shape index (κ2) is 8.79. The lowest BCUT2D eigenvalue weighted by Gasteiger charge is -2.22. The number of anilines is 1. The van der Waals surface area contributed by atoms with Crippen molar-refractivity contribution in [3.05, 3.63) is 46.7 Å². The fourth-order valence-corrected chi connectivity index (χ4v) is 3.55. The van der Waals surface area contributed by atoms with Crippen LogP contribution in [0.3, 0.4) is 0 Å². The van der Waals surface area contributed by atoms with Gasteiger partial charge in [-0.25, -0.2) is 9.97 Å². The van der Waals surface area contributed by atoms with Gasteiger partial charge in [-0.15, -0.1) is 11.7 Å². The Morgan fingerprint density at radius 1 is 1.32 bits per heavy atom. The third-order valence-electron chi connectivity index (χ3n) is 4.47. The van der Waals surface area contributed by atoms with Crippen molar-refractivity contribution in [2.75, 3.05) is 31.7 Å². The molecule has 8 heteroatoms. The summed E-state index contributed by atoms with van der Waals surface area (Å²) < 4.78 is 7.94. The number of fused-ring (bicyclic) bond motifs is 1. The third-order valence-corrected chi connectivity index (χ3v) is 5.11. The Morgan fingerprint density at radius 3 is 2.75 bits per heavy atom. The summed E-state index contributed by atoms with van der Waals surface area (Å²) in [5.41, 5.74) is 3.47. The van der Waals surface area contributed by atoms with Crippen molar-refractivity contribution in [2.24, 2.45) is 0 Å². The first-order valence-electron chi connectivity index (χ1n) is 9.21. The van der Waals surface area contributed by atoms with E-state index in [1.165, 1.54) is 5.56 Å². The molecule has 3 aromatic rings. The lowest BCUT2D eigenvalue weighted by atomic mass is 10.0. The molecule has 0 N–H and O–H groups in total. The van der Waals surface area contributed by atoms with Crippen LogP contribution in [0.2, 0.25) is 0 Å². The molecule has 0 unspecified atom stereocenters. The third kappa shape index (κ3) is 4.07. The van der Waals surface area contributed by atoms with Crippen LogP contribution in [-0.2, 0) is 4.74 Å². The molecule has 3 rings (SSSR count). The van der Waals surface area contributed by atoms with Crippen LogP contribution in [-0.4, -0.2) is 51.8 Å². The quantitative estimate of drug-likeness (QED) is 0.488. The summed E-state index contributed by atoms with van der Waals surface area (Å²) in [7, 11) is 1.68. The number of aryl methyl sites for hydroxylation is 1. The number of rotatable bonds is 8. The fraction of sp³-hybridized carbons (Fsp3) is 0.400. The first kappa shape index (κ1) is 20.4. The van der Waals surface area contributed by atoms with Gasteiger partial charge in [0.15, 0.2) is 17.0 Å². The lowest BCUT2D eigenvalue weighted by Crippen LogP contribution is -2.28. The number of hydrogen-bond acceptors (Lipinski definition) is 6. The SMILES string of the molecule is C=CCN(CCOC)c1nc(C)nc2c1nnn2-c1ccc(C(C)C)cc1Br. The summed E-state index contributed by atoms with van der Waals surface area (Å²) >= 11 is 3.68. The van der Waals surface area contributed by atoms with Gasteiger partial charge in [-0.3, -0.25) is 0 Å². The Hall–Kier alpha value is -2.32. The maximum Gasteiger partial charge on any atom is 0.189 e. The lowest BCUT2D eigenvalue weighted by molar-refractivity contribution is 0.205. The maximum absolute atomic E-state index is 5.24. The highest BCUT2D eigenvalue weighted by molar-refractivity contribution is 9.10. The Kier molecular flexibility index (Phi) is 6.41. The monoisotopic (exact) mass is 444 g/mol. The molecular formula is C20H25BrN6O. The number of methoxy groups -OCH3 is 1. The largest absolute Gasteiger partial charge is 0.383 e. The van der Waals surface area contributed by atoms with E-state index in [-0.39, 0.29) is 0 Å². The minimum absolute atomic E-state index is 0.447. The van der Waals surface area contributed by atoms with Gasteiger partial charge in [0.2, 0.25) is 0 Å². The van der Waals surface area contributed by atoms with E-state index in [0.29, 0.717) is 42.6 Å². The molecule has 0 fully saturated rings. The number of ether oxygens (including phenoxy) is 1. The molecule has 28 heavy (non-hydrogen) atoms. The molecule has 0 spiro atoms. The predicted molar refractivity (Wildman–Crippen MR) is 115 cm³/mol. The van der Waals surface area contributed by atoms with Crippen molar-refractivity contribution in [1.82, 2.24) is 25.0 Å². The van der Waals surface area contributed by atoms with Crippen LogP contribution in [0.4, 0.5) is 5.82 Å². The van der Waals surface area contributed by atoms with Crippen molar-refractivity contribution < 1.29 is 4.74 Å². The van der Waals surface area contributed by atoms with Gasteiger partial charge in [-0.2, -0.15) is 4.68 Å². The van der Waals surface area contributed by atoms with Crippen molar-refractivity contribution in [2.45, 2.75) is 26.7 Å². The van der Waals surface area contributed by atoms with Gasteiger partial charge in [-0.05, 0) is 46.5 Å². The van der Waals surface area contributed by atoms with Crippen LogP contribution in [0.1, 0.15) is 31.2 Å². The highest BCUT2D eigenvalue weighted by Gasteiger charge is 2.20. The van der Waals surface area contributed by atoms with E-state index in [1.807, 2.05) is 19.1 Å². The Morgan fingerprint density at radius 2 is 2.11 bits per heavy atom. The molecule has 0 aliphatic rings. The van der Waals surface area contributed by atoms with Gasteiger partial charge >= 0.3 is 0 Å². The molecule has 0 aliphatic heterocycles. The van der Waals surface area contributed by atoms with Crippen LogP contribution in [0.25, 0.3) is 16.9 Å². The van der Waals surface area contributed by atoms with Crippen LogP contribution >= 0.6 is 15.9 Å². The second-order valence-electron chi connectivity index (χ2n) is 6.86. The number of halogens is 1. The summed E-state index contributed by atoms with van der Waals surface area (Å²) in [5, 5.41) is 8.77. The molecule has 1 aromatic carbocycles. The van der Waals surface area contributed by atoms with E-state index in [1.54, 1.807) is 11.8 Å². The normalized spacial score (nSPS) is 11.4. The molecular weight excluding hydrogens is 420 g/mol. The zero-order chi connectivity index (χ0) is 20.3. The zero-order valence-corrected chi connectivity index (χ0v) is 18.3. The Balaban J connectivity index is 2.12. The minimum atomic E-state index is 0.447. The Bertz CT molecular complexity index is 984. The summed E-state index contributed by atoms with van der Waals surface area (Å²) in [6.45, 7) is 12.0. The van der Waals surface area contributed by atoms with Gasteiger partial charge in [0.05, 0.1) is 12.3 Å². The van der Waals surface area contributed by atoms with E-state index < -0.39 is 0 Å². The van der Waals surface area contributed by atoms with Crippen LogP contribution in [0, 0.1) is 6.92 Å². The van der Waals surface area contributed by atoms with Crippen molar-refractivity contribution in [1.29, 1.82) is 0 Å². The first-order chi connectivity index (χ1) is 13.5. The highest BCUT2D eigenvalue weighted by atomic mass is 79.9. The molecule has 0 saturated carbocycles. The summed E-state index contributed by atoms with van der Waals surface area (Å²) in [6, 6.07) is 6.26. The second-order valence-corrected chi connectivity index (χ2v) is 7.72. The highest BCUT2D eigenvalue weighted by Crippen LogP contribution is 2.29. The average Bonchev–Trinajstić information content (AvgIpc) is 3.07. The van der Waals surface area contributed by atoms with Crippen LogP contribution in [0.5, 0.6) is 0 Å². The smallest absolute Gasteiger partial charge is 0.189 e. The van der Waals surface area contributed by atoms with Gasteiger partial charge in [0.1, 0.15) is 5.82 Å². The first-order valence-corrected chi connectivity index (χ1v) is 10.00. The van der Waals surface area contributed by atoms with Gasteiger partial charge < -0.3 is 9.64 Å². The van der Waals surface area contributed by atoms with Crippen molar-refractivity contribution >= 4 is 32.9 Å². The molecule has 7 nitrogen and oxygen atoms in total. The number of nitrogens with zero attached hydrogens (tertiary/aromatic N) is 6. The summed E-state index contributed by atoms with van der Waals surface area (Å²) in [4.78, 5) is 11.3. The standard InChI is InChI=1S/C20H25BrN6O/c1-6-9-26(10-11-28-5)19-18-20(23-14(4)22-19)27(25-24-18)17-8-7-15(13(2)3)12-16(17)21/h6-8,12-13H,1,9-11H2,2-5H3. The molecule has 0 atom stereocenters. The average molecular weight is 445 g/mol. The van der Waals surface area contributed by atoms with Crippen molar-refractivity contribution in [3.63, 3.8) is 0 Å². The van der Waals surface area contributed by atoms with E-state index in [2.05, 4.69) is 73.7 Å². The molecule has 0 saturated heterocycles. The summed E-state index contributed by atoms with van der Waals surface area (Å²) in [5.74, 6) is 1.84. The molecule has 0 aliphatic carbocycles. The molecule has 0 radical (unpaired) electrons. The number of aromatic nitrogens is 5. The van der Waals surface area contributed by atoms with E-state index in [0.717, 1.165) is 16.0 Å². The van der Waals surface area contributed by atoms with Gasteiger partial charge in [-0.1, -0.05) is 31.2 Å². The predicted octanol–water partition coefficient (Wildman–Crippen LogP) is 4.04. The minimum Gasteiger partial charge on any atom is -0.383 e. The molecule has 148 valence electrons.